The van der Waals surface area contributed by atoms with Crippen LogP contribution in [0.5, 0.6) is 0 Å². The molecule has 0 radical (unpaired) electrons. The van der Waals surface area contributed by atoms with Crippen molar-refractivity contribution < 1.29 is 0 Å². The van der Waals surface area contributed by atoms with E-state index in [0.29, 0.717) is 12.1 Å². The molecule has 2 aliphatic heterocycles. The molecule has 2 heterocycles. The summed E-state index contributed by atoms with van der Waals surface area (Å²) < 4.78 is 0. The summed E-state index contributed by atoms with van der Waals surface area (Å²) in [6, 6.07) is 12.0. The van der Waals surface area contributed by atoms with Gasteiger partial charge in [0, 0.05) is 38.3 Å². The van der Waals surface area contributed by atoms with Crippen LogP contribution in [0.15, 0.2) is 35.3 Å². The summed E-state index contributed by atoms with van der Waals surface area (Å²) in [6.45, 7) is 12.0. The van der Waals surface area contributed by atoms with Gasteiger partial charge in [0.25, 0.3) is 0 Å². The second kappa shape index (κ2) is 11.4. The highest BCUT2D eigenvalue weighted by Crippen LogP contribution is 2.17. The lowest BCUT2D eigenvalue weighted by Gasteiger charge is -2.35. The van der Waals surface area contributed by atoms with E-state index in [1.54, 1.807) is 0 Å². The van der Waals surface area contributed by atoms with Crippen molar-refractivity contribution in [1.29, 1.82) is 0 Å². The smallest absolute Gasteiger partial charge is 0.191 e. The number of hydrogen-bond acceptors (Lipinski definition) is 3. The number of nitrogens with zero attached hydrogens (tertiary/aromatic N) is 3. The Balaban J connectivity index is 1.46. The van der Waals surface area contributed by atoms with Crippen molar-refractivity contribution in [2.45, 2.75) is 64.6 Å². The predicted molar refractivity (Wildman–Crippen MR) is 119 cm³/mol. The number of likely N-dealkylation sites (tertiary alicyclic amines) is 2. The van der Waals surface area contributed by atoms with Crippen molar-refractivity contribution in [3.63, 3.8) is 0 Å². The normalized spacial score (nSPS) is 22.9. The maximum absolute atomic E-state index is 4.96. The summed E-state index contributed by atoms with van der Waals surface area (Å²) in [4.78, 5) is 10.1. The van der Waals surface area contributed by atoms with E-state index < -0.39 is 0 Å². The lowest BCUT2D eigenvalue weighted by Crippen LogP contribution is -2.49. The zero-order valence-corrected chi connectivity index (χ0v) is 17.9. The van der Waals surface area contributed by atoms with Gasteiger partial charge in [0.1, 0.15) is 0 Å². The molecule has 0 saturated carbocycles. The van der Waals surface area contributed by atoms with Gasteiger partial charge in [0.15, 0.2) is 5.96 Å². The maximum atomic E-state index is 4.96. The first-order chi connectivity index (χ1) is 13.8. The molecule has 1 aromatic rings. The minimum Gasteiger partial charge on any atom is -0.357 e. The quantitative estimate of drug-likeness (QED) is 0.559. The topological polar surface area (TPSA) is 42.9 Å². The number of rotatable bonds is 7. The molecule has 28 heavy (non-hydrogen) atoms. The minimum absolute atomic E-state index is 0.526. The van der Waals surface area contributed by atoms with Gasteiger partial charge in [-0.3, -0.25) is 14.8 Å². The number of nitrogens with one attached hydrogen (secondary N) is 2. The number of guanidine groups is 1. The summed E-state index contributed by atoms with van der Waals surface area (Å²) >= 11 is 0. The summed E-state index contributed by atoms with van der Waals surface area (Å²) in [6.07, 6.45) is 6.34. The molecule has 2 aliphatic rings. The van der Waals surface area contributed by atoms with Gasteiger partial charge in [0.2, 0.25) is 0 Å². The Kier molecular flexibility index (Phi) is 8.62. The first-order valence-electron chi connectivity index (χ1n) is 11.3. The third-order valence-corrected chi connectivity index (χ3v) is 6.14. The zero-order chi connectivity index (χ0) is 19.6. The molecule has 156 valence electrons. The average molecular weight is 386 g/mol. The number of piperidine rings is 2. The molecule has 2 saturated heterocycles. The van der Waals surface area contributed by atoms with E-state index in [1.807, 2.05) is 0 Å². The standard InChI is InChI=1S/C23H39N5/c1-3-24-23(25-18-22-12-8-9-15-28(22)4-2)26-21-13-16-27(17-14-21)19-20-10-6-5-7-11-20/h5-7,10-11,21-22H,3-4,8-9,12-19H2,1-2H3,(H2,24,25,26). The van der Waals surface area contributed by atoms with Gasteiger partial charge in [-0.25, -0.2) is 0 Å². The summed E-state index contributed by atoms with van der Waals surface area (Å²) in [5.41, 5.74) is 1.41. The van der Waals surface area contributed by atoms with Gasteiger partial charge in [0.05, 0.1) is 6.54 Å². The molecule has 0 amide bonds. The molecule has 0 spiro atoms. The maximum Gasteiger partial charge on any atom is 0.191 e. The molecular weight excluding hydrogens is 346 g/mol. The number of likely N-dealkylation sites (N-methyl/N-ethyl adjacent to an activating group) is 1. The van der Waals surface area contributed by atoms with Gasteiger partial charge in [-0.1, -0.05) is 43.7 Å². The SMILES string of the molecule is CCNC(=NCC1CCCCN1CC)NC1CCN(Cc2ccccc2)CC1. The Morgan fingerprint density at radius 3 is 2.54 bits per heavy atom. The van der Waals surface area contributed by atoms with E-state index in [0.717, 1.165) is 45.2 Å². The Hall–Kier alpha value is -1.59. The van der Waals surface area contributed by atoms with E-state index >= 15 is 0 Å². The third-order valence-electron chi connectivity index (χ3n) is 6.14. The summed E-state index contributed by atoms with van der Waals surface area (Å²) in [5.74, 6) is 1.01. The van der Waals surface area contributed by atoms with Crippen LogP contribution in [0.3, 0.4) is 0 Å². The Bertz CT molecular complexity index is 580. The molecule has 0 aliphatic carbocycles. The van der Waals surface area contributed by atoms with Crippen LogP contribution in [0, 0.1) is 0 Å². The lowest BCUT2D eigenvalue weighted by atomic mass is 10.0. The highest BCUT2D eigenvalue weighted by molar-refractivity contribution is 5.80. The zero-order valence-electron chi connectivity index (χ0n) is 17.9. The number of benzene rings is 1. The van der Waals surface area contributed by atoms with Crippen LogP contribution in [0.4, 0.5) is 0 Å². The van der Waals surface area contributed by atoms with Crippen molar-refractivity contribution in [3.8, 4) is 0 Å². The lowest BCUT2D eigenvalue weighted by molar-refractivity contribution is 0.161. The largest absolute Gasteiger partial charge is 0.357 e. The first-order valence-corrected chi connectivity index (χ1v) is 11.3. The van der Waals surface area contributed by atoms with E-state index in [2.05, 4.69) is 64.6 Å². The van der Waals surface area contributed by atoms with Crippen molar-refractivity contribution >= 4 is 5.96 Å². The monoisotopic (exact) mass is 385 g/mol. The van der Waals surface area contributed by atoms with Crippen LogP contribution in [-0.2, 0) is 6.54 Å². The van der Waals surface area contributed by atoms with Crippen LogP contribution in [0.1, 0.15) is 51.5 Å². The van der Waals surface area contributed by atoms with Gasteiger partial charge >= 0.3 is 0 Å². The van der Waals surface area contributed by atoms with Crippen LogP contribution in [-0.4, -0.2) is 67.1 Å². The van der Waals surface area contributed by atoms with Crippen LogP contribution >= 0.6 is 0 Å². The van der Waals surface area contributed by atoms with Gasteiger partial charge in [-0.2, -0.15) is 0 Å². The van der Waals surface area contributed by atoms with Crippen molar-refractivity contribution in [1.82, 2.24) is 20.4 Å². The molecule has 1 unspecified atom stereocenters. The molecular formula is C23H39N5. The van der Waals surface area contributed by atoms with Gasteiger partial charge in [-0.15, -0.1) is 0 Å². The van der Waals surface area contributed by atoms with Crippen molar-refractivity contribution in [2.75, 3.05) is 39.3 Å². The molecule has 2 N–H and O–H groups in total. The number of hydrogen-bond donors (Lipinski definition) is 2. The van der Waals surface area contributed by atoms with Crippen LogP contribution < -0.4 is 10.6 Å². The van der Waals surface area contributed by atoms with E-state index in [4.69, 9.17) is 4.99 Å². The molecule has 2 fully saturated rings. The Labute approximate surface area is 171 Å². The first kappa shape index (κ1) is 21.1. The van der Waals surface area contributed by atoms with E-state index in [1.165, 1.54) is 44.2 Å². The summed E-state index contributed by atoms with van der Waals surface area (Å²) in [7, 11) is 0. The van der Waals surface area contributed by atoms with Crippen molar-refractivity contribution in [3.05, 3.63) is 35.9 Å². The van der Waals surface area contributed by atoms with Gasteiger partial charge in [-0.05, 0) is 51.3 Å². The van der Waals surface area contributed by atoms with Crippen molar-refractivity contribution in [2.24, 2.45) is 4.99 Å². The minimum atomic E-state index is 0.526. The highest BCUT2D eigenvalue weighted by Gasteiger charge is 2.22. The molecule has 0 bridgehead atoms. The molecule has 1 atom stereocenters. The second-order valence-corrected chi connectivity index (χ2v) is 8.18. The van der Waals surface area contributed by atoms with E-state index in [-0.39, 0.29) is 0 Å². The molecule has 1 aromatic carbocycles. The summed E-state index contributed by atoms with van der Waals surface area (Å²) in [5, 5.41) is 7.17. The fraction of sp³-hybridized carbons (Fsp3) is 0.696. The Morgan fingerprint density at radius 2 is 1.82 bits per heavy atom. The molecule has 3 rings (SSSR count). The number of aliphatic imine (C=N–C) groups is 1. The Morgan fingerprint density at radius 1 is 1.04 bits per heavy atom. The fourth-order valence-electron chi connectivity index (χ4n) is 4.47. The molecule has 5 heteroatoms. The molecule has 0 aromatic heterocycles. The third kappa shape index (κ3) is 6.49. The average Bonchev–Trinajstić information content (AvgIpc) is 2.74. The van der Waals surface area contributed by atoms with E-state index in [9.17, 15) is 0 Å². The second-order valence-electron chi connectivity index (χ2n) is 8.18. The van der Waals surface area contributed by atoms with Crippen LogP contribution in [0.25, 0.3) is 0 Å². The van der Waals surface area contributed by atoms with Gasteiger partial charge < -0.3 is 10.6 Å². The van der Waals surface area contributed by atoms with Crippen LogP contribution in [0.2, 0.25) is 0 Å². The fourth-order valence-corrected chi connectivity index (χ4v) is 4.47. The molecule has 5 nitrogen and oxygen atoms in total. The highest BCUT2D eigenvalue weighted by atomic mass is 15.2. The predicted octanol–water partition coefficient (Wildman–Crippen LogP) is 3.08.